The first kappa shape index (κ1) is 27.5. The van der Waals surface area contributed by atoms with Crippen molar-refractivity contribution in [2.75, 3.05) is 17.9 Å². The molecule has 0 spiro atoms. The molecule has 0 heterocycles. The highest BCUT2D eigenvalue weighted by molar-refractivity contribution is 7.92. The lowest BCUT2D eigenvalue weighted by Crippen LogP contribution is -2.50. The Balaban J connectivity index is 2.06. The van der Waals surface area contributed by atoms with E-state index in [-0.39, 0.29) is 17.3 Å². The highest BCUT2D eigenvalue weighted by Gasteiger charge is 2.32. The van der Waals surface area contributed by atoms with Gasteiger partial charge in [-0.15, -0.1) is 0 Å². The Morgan fingerprint density at radius 3 is 2.22 bits per heavy atom. The predicted octanol–water partition coefficient (Wildman–Crippen LogP) is 4.66. The van der Waals surface area contributed by atoms with Gasteiger partial charge >= 0.3 is 0 Å². The Bertz CT molecular complexity index is 1350. The first-order valence-electron chi connectivity index (χ1n) is 11.1. The summed E-state index contributed by atoms with van der Waals surface area (Å²) in [5.74, 6) is -0.939. The maximum Gasteiger partial charge on any atom is 0.264 e. The van der Waals surface area contributed by atoms with Gasteiger partial charge in [0.15, 0.2) is 0 Å². The first-order valence-corrected chi connectivity index (χ1v) is 13.3. The van der Waals surface area contributed by atoms with Gasteiger partial charge in [-0.3, -0.25) is 13.9 Å². The third-order valence-corrected chi connectivity index (χ3v) is 7.94. The van der Waals surface area contributed by atoms with Crippen molar-refractivity contribution in [1.82, 2.24) is 10.2 Å². The maximum absolute atomic E-state index is 13.7. The van der Waals surface area contributed by atoms with Crippen molar-refractivity contribution >= 4 is 50.7 Å². The van der Waals surface area contributed by atoms with Crippen molar-refractivity contribution in [3.05, 3.63) is 94.0 Å². The molecule has 10 heteroatoms. The van der Waals surface area contributed by atoms with Crippen LogP contribution in [0.5, 0.6) is 0 Å². The highest BCUT2D eigenvalue weighted by Crippen LogP contribution is 2.29. The number of nitrogens with zero attached hydrogens (tertiary/aromatic N) is 2. The molecule has 0 saturated carbocycles. The van der Waals surface area contributed by atoms with E-state index in [1.165, 1.54) is 24.1 Å². The summed E-state index contributed by atoms with van der Waals surface area (Å²) in [5.41, 5.74) is 1.59. The third kappa shape index (κ3) is 6.37. The molecule has 0 aliphatic heterocycles. The smallest absolute Gasteiger partial charge is 0.264 e. The molecular formula is C26H27Cl2N3O4S. The van der Waals surface area contributed by atoms with Crippen molar-refractivity contribution in [2.24, 2.45) is 0 Å². The number of nitrogens with one attached hydrogen (secondary N) is 1. The molecule has 1 N–H and O–H groups in total. The molecular weight excluding hydrogens is 521 g/mol. The lowest BCUT2D eigenvalue weighted by Gasteiger charge is -2.32. The lowest BCUT2D eigenvalue weighted by molar-refractivity contribution is -0.139. The number of anilines is 1. The van der Waals surface area contributed by atoms with Crippen LogP contribution in [0.2, 0.25) is 10.0 Å². The van der Waals surface area contributed by atoms with Gasteiger partial charge in [0.25, 0.3) is 10.0 Å². The fourth-order valence-electron chi connectivity index (χ4n) is 3.76. The second-order valence-electron chi connectivity index (χ2n) is 8.20. The van der Waals surface area contributed by atoms with Crippen LogP contribution >= 0.6 is 23.2 Å². The summed E-state index contributed by atoms with van der Waals surface area (Å²) < 4.78 is 28.5. The van der Waals surface area contributed by atoms with Gasteiger partial charge in [0.2, 0.25) is 11.8 Å². The van der Waals surface area contributed by atoms with Gasteiger partial charge in [-0.2, -0.15) is 0 Å². The SMILES string of the molecule is CNC(=O)[C@@H](C)N(Cc1cccc(Cl)c1)C(=O)CN(c1ccc(Cl)cc1C)S(=O)(=O)c1ccccc1. The average Bonchev–Trinajstić information content (AvgIpc) is 2.85. The van der Waals surface area contributed by atoms with Gasteiger partial charge in [0, 0.05) is 23.6 Å². The minimum Gasteiger partial charge on any atom is -0.357 e. The van der Waals surface area contributed by atoms with Crippen LogP contribution in [0.15, 0.2) is 77.7 Å². The fourth-order valence-corrected chi connectivity index (χ4v) is 5.69. The molecule has 0 bridgehead atoms. The van der Waals surface area contributed by atoms with Gasteiger partial charge in [0.1, 0.15) is 12.6 Å². The number of likely N-dealkylation sites (N-methyl/N-ethyl adjacent to an activating group) is 1. The zero-order valence-electron chi connectivity index (χ0n) is 20.1. The molecule has 1 atom stereocenters. The van der Waals surface area contributed by atoms with Gasteiger partial charge < -0.3 is 10.2 Å². The van der Waals surface area contributed by atoms with Crippen LogP contribution < -0.4 is 9.62 Å². The first-order chi connectivity index (χ1) is 17.0. The standard InChI is InChI=1S/C26H27Cl2N3O4S/c1-18-14-22(28)12-13-24(18)31(36(34,35)23-10-5-4-6-11-23)17-25(32)30(19(2)26(33)29-3)16-20-8-7-9-21(27)15-20/h4-15,19H,16-17H2,1-3H3,(H,29,33)/t19-/m1/s1. The topological polar surface area (TPSA) is 86.8 Å². The second-order valence-corrected chi connectivity index (χ2v) is 10.9. The zero-order valence-corrected chi connectivity index (χ0v) is 22.4. The number of hydrogen-bond acceptors (Lipinski definition) is 4. The molecule has 36 heavy (non-hydrogen) atoms. The molecule has 3 aromatic carbocycles. The third-order valence-electron chi connectivity index (χ3n) is 5.69. The van der Waals surface area contributed by atoms with Crippen LogP contribution in [0, 0.1) is 6.92 Å². The monoisotopic (exact) mass is 547 g/mol. The van der Waals surface area contributed by atoms with E-state index in [0.717, 1.165) is 4.31 Å². The normalized spacial score (nSPS) is 12.0. The minimum absolute atomic E-state index is 0.0351. The van der Waals surface area contributed by atoms with Crippen LogP contribution in [0.3, 0.4) is 0 Å². The number of amides is 2. The molecule has 0 fully saturated rings. The van der Waals surface area contributed by atoms with Crippen molar-refractivity contribution in [3.8, 4) is 0 Å². The number of hydrogen-bond donors (Lipinski definition) is 1. The van der Waals surface area contributed by atoms with Crippen molar-refractivity contribution in [1.29, 1.82) is 0 Å². The van der Waals surface area contributed by atoms with Crippen LogP contribution in [-0.4, -0.2) is 44.8 Å². The molecule has 3 rings (SSSR count). The highest BCUT2D eigenvalue weighted by atomic mass is 35.5. The number of benzene rings is 3. The van der Waals surface area contributed by atoms with E-state index in [0.29, 0.717) is 26.9 Å². The van der Waals surface area contributed by atoms with Gasteiger partial charge in [0.05, 0.1) is 10.6 Å². The van der Waals surface area contributed by atoms with Crippen molar-refractivity contribution in [2.45, 2.75) is 31.3 Å². The zero-order chi connectivity index (χ0) is 26.5. The molecule has 0 unspecified atom stereocenters. The largest absolute Gasteiger partial charge is 0.357 e. The summed E-state index contributed by atoms with van der Waals surface area (Å²) in [4.78, 5) is 27.6. The Kier molecular flexibility index (Phi) is 9.00. The molecule has 2 amide bonds. The summed E-state index contributed by atoms with van der Waals surface area (Å²) in [6.45, 7) is 2.84. The molecule has 190 valence electrons. The quantitative estimate of drug-likeness (QED) is 0.422. The Hall–Kier alpha value is -3.07. The number of carbonyl (C=O) groups excluding carboxylic acids is 2. The number of sulfonamides is 1. The predicted molar refractivity (Wildman–Crippen MR) is 143 cm³/mol. The maximum atomic E-state index is 13.7. The Morgan fingerprint density at radius 1 is 0.944 bits per heavy atom. The van der Waals surface area contributed by atoms with E-state index < -0.39 is 28.5 Å². The molecule has 0 aliphatic rings. The summed E-state index contributed by atoms with van der Waals surface area (Å²) in [5, 5.41) is 3.47. The van der Waals surface area contributed by atoms with E-state index >= 15 is 0 Å². The number of rotatable bonds is 9. The van der Waals surface area contributed by atoms with E-state index in [4.69, 9.17) is 23.2 Å². The molecule has 0 aliphatic carbocycles. The van der Waals surface area contributed by atoms with E-state index in [9.17, 15) is 18.0 Å². The van der Waals surface area contributed by atoms with Crippen LogP contribution in [0.1, 0.15) is 18.1 Å². The molecule has 0 saturated heterocycles. The van der Waals surface area contributed by atoms with E-state index in [2.05, 4.69) is 5.32 Å². The Labute approximate surface area is 221 Å². The number of halogens is 2. The molecule has 7 nitrogen and oxygen atoms in total. The summed E-state index contributed by atoms with van der Waals surface area (Å²) >= 11 is 12.2. The molecule has 0 aromatic heterocycles. The number of carbonyl (C=O) groups is 2. The van der Waals surface area contributed by atoms with Crippen LogP contribution in [0.25, 0.3) is 0 Å². The fraction of sp³-hybridized carbons (Fsp3) is 0.231. The van der Waals surface area contributed by atoms with Crippen molar-refractivity contribution in [3.63, 3.8) is 0 Å². The minimum atomic E-state index is -4.13. The van der Waals surface area contributed by atoms with Gasteiger partial charge in [-0.05, 0) is 67.4 Å². The Morgan fingerprint density at radius 2 is 1.61 bits per heavy atom. The average molecular weight is 548 g/mol. The van der Waals surface area contributed by atoms with Gasteiger partial charge in [-0.1, -0.05) is 53.5 Å². The molecule has 3 aromatic rings. The van der Waals surface area contributed by atoms with Crippen LogP contribution in [0.4, 0.5) is 5.69 Å². The van der Waals surface area contributed by atoms with E-state index in [1.54, 1.807) is 74.5 Å². The van der Waals surface area contributed by atoms with Crippen molar-refractivity contribution < 1.29 is 18.0 Å². The van der Waals surface area contributed by atoms with Gasteiger partial charge in [-0.25, -0.2) is 8.42 Å². The van der Waals surface area contributed by atoms with Crippen LogP contribution in [-0.2, 0) is 26.2 Å². The van der Waals surface area contributed by atoms with E-state index in [1.807, 2.05) is 0 Å². The number of aryl methyl sites for hydroxylation is 1. The lowest BCUT2D eigenvalue weighted by atomic mass is 10.1. The summed E-state index contributed by atoms with van der Waals surface area (Å²) in [6.07, 6.45) is 0. The second kappa shape index (κ2) is 11.8. The molecule has 0 radical (unpaired) electrons. The summed E-state index contributed by atoms with van der Waals surface area (Å²) in [7, 11) is -2.65. The summed E-state index contributed by atoms with van der Waals surface area (Å²) in [6, 6.07) is 18.7.